The Hall–Kier alpha value is -3.74. The maximum Gasteiger partial charge on any atom is 0.461 e. The van der Waals surface area contributed by atoms with Gasteiger partial charge in [-0.1, -0.05) is 25.1 Å². The summed E-state index contributed by atoms with van der Waals surface area (Å²) in [5.74, 6) is -11.8. The normalized spacial score (nSPS) is 13.4. The fourth-order valence-electron chi connectivity index (χ4n) is 4.21. The summed E-state index contributed by atoms with van der Waals surface area (Å²) in [6.07, 6.45) is -9.87. The van der Waals surface area contributed by atoms with Crippen molar-refractivity contribution in [1.29, 1.82) is 0 Å². The number of halogens is 8. The zero-order valence-corrected chi connectivity index (χ0v) is 26.1. The first-order valence-electron chi connectivity index (χ1n) is 13.2. The van der Waals surface area contributed by atoms with Crippen LogP contribution in [0.1, 0.15) is 57.3 Å². The van der Waals surface area contributed by atoms with E-state index in [-0.39, 0.29) is 49.3 Å². The average Bonchev–Trinajstić information content (AvgIpc) is 3.38. The third-order valence-corrected chi connectivity index (χ3v) is 9.04. The Labute approximate surface area is 262 Å². The second kappa shape index (κ2) is 13.5. The summed E-state index contributed by atoms with van der Waals surface area (Å²) >= 11 is 1.43. The molecule has 1 atom stereocenters. The molecule has 0 aliphatic rings. The van der Waals surface area contributed by atoms with E-state index in [1.807, 2.05) is 0 Å². The van der Waals surface area contributed by atoms with Crippen LogP contribution >= 0.6 is 11.8 Å². The van der Waals surface area contributed by atoms with Gasteiger partial charge in [0.15, 0.2) is 9.84 Å². The third-order valence-electron chi connectivity index (χ3n) is 6.44. The van der Waals surface area contributed by atoms with Crippen molar-refractivity contribution in [3.05, 3.63) is 70.3 Å². The Bertz CT molecular complexity index is 1720. The number of aromatic nitrogens is 3. The molecule has 2 amide bonds. The monoisotopic (exact) mass is 701 g/mol. The standard InChI is InChI=1S/C27H27F8N5O4S2/c1-5-46(43,44)19-8-6-7-17(20(19)22(42)36-15(3)13-45-4)21(41)37-18-10-9-16(11-14(18)2)12-40-24(26(30,31)32)38-23(39-40)25(28,29)27(33,34)35/h6-11,15H,5,12-13H2,1-4H3,(H,36,42)(H,37,41)/t15-/m1/s1. The number of nitrogens with one attached hydrogen (secondary N) is 2. The van der Waals surface area contributed by atoms with Crippen molar-refractivity contribution in [1.82, 2.24) is 20.1 Å². The summed E-state index contributed by atoms with van der Waals surface area (Å²) in [7, 11) is -3.97. The highest BCUT2D eigenvalue weighted by Crippen LogP contribution is 2.43. The van der Waals surface area contributed by atoms with E-state index in [0.29, 0.717) is 5.75 Å². The van der Waals surface area contributed by atoms with Crippen LogP contribution in [0, 0.1) is 6.92 Å². The Kier molecular flexibility index (Phi) is 10.8. The molecule has 0 unspecified atom stereocenters. The molecule has 3 rings (SSSR count). The van der Waals surface area contributed by atoms with Crippen LogP contribution in [-0.4, -0.2) is 65.0 Å². The number of alkyl halides is 8. The third kappa shape index (κ3) is 7.97. The van der Waals surface area contributed by atoms with E-state index in [2.05, 4.69) is 20.7 Å². The molecule has 1 heterocycles. The first-order chi connectivity index (χ1) is 21.1. The van der Waals surface area contributed by atoms with Crippen LogP contribution in [0.2, 0.25) is 0 Å². The fraction of sp³-hybridized carbons (Fsp3) is 0.407. The van der Waals surface area contributed by atoms with Crippen LogP contribution in [0.4, 0.5) is 40.8 Å². The van der Waals surface area contributed by atoms with E-state index in [1.54, 1.807) is 13.2 Å². The number of rotatable bonds is 11. The second-order valence-electron chi connectivity index (χ2n) is 10.0. The number of hydrogen-bond donors (Lipinski definition) is 2. The summed E-state index contributed by atoms with van der Waals surface area (Å²) < 4.78 is 132. The smallest absolute Gasteiger partial charge is 0.349 e. The van der Waals surface area contributed by atoms with Crippen LogP contribution in [0.25, 0.3) is 0 Å². The van der Waals surface area contributed by atoms with Crippen LogP contribution in [-0.2, 0) is 28.5 Å². The maximum atomic E-state index is 13.7. The van der Waals surface area contributed by atoms with Gasteiger partial charge < -0.3 is 10.6 Å². The lowest BCUT2D eigenvalue weighted by Gasteiger charge is -2.18. The molecule has 0 fully saturated rings. The highest BCUT2D eigenvalue weighted by molar-refractivity contribution is 7.98. The van der Waals surface area contributed by atoms with E-state index in [1.165, 1.54) is 55.9 Å². The highest BCUT2D eigenvalue weighted by atomic mass is 32.2. The van der Waals surface area contributed by atoms with Gasteiger partial charge in [0.1, 0.15) is 0 Å². The molecule has 252 valence electrons. The van der Waals surface area contributed by atoms with Gasteiger partial charge in [0, 0.05) is 17.5 Å². The molecule has 2 aromatic carbocycles. The van der Waals surface area contributed by atoms with Gasteiger partial charge in [-0.3, -0.25) is 9.59 Å². The quantitative estimate of drug-likeness (QED) is 0.241. The number of aryl methyl sites for hydroxylation is 1. The lowest BCUT2D eigenvalue weighted by atomic mass is 10.0. The predicted molar refractivity (Wildman–Crippen MR) is 153 cm³/mol. The summed E-state index contributed by atoms with van der Waals surface area (Å²) in [5.41, 5.74) is -0.439. The van der Waals surface area contributed by atoms with Crippen LogP contribution in [0.15, 0.2) is 41.3 Å². The number of anilines is 1. The van der Waals surface area contributed by atoms with Gasteiger partial charge in [0.2, 0.25) is 11.6 Å². The molecule has 0 saturated carbocycles. The van der Waals surface area contributed by atoms with E-state index in [0.717, 1.165) is 6.07 Å². The molecule has 3 aromatic rings. The largest absolute Gasteiger partial charge is 0.461 e. The molecule has 1 aromatic heterocycles. The zero-order chi connectivity index (χ0) is 34.8. The minimum Gasteiger partial charge on any atom is -0.349 e. The molecule has 0 spiro atoms. The van der Waals surface area contributed by atoms with Gasteiger partial charge in [-0.25, -0.2) is 18.1 Å². The van der Waals surface area contributed by atoms with Crippen molar-refractivity contribution in [2.45, 2.75) is 56.5 Å². The Morgan fingerprint density at radius 1 is 1.02 bits per heavy atom. The summed E-state index contributed by atoms with van der Waals surface area (Å²) in [6, 6.07) is 6.91. The number of benzene rings is 2. The Morgan fingerprint density at radius 2 is 1.67 bits per heavy atom. The van der Waals surface area contributed by atoms with Crippen molar-refractivity contribution in [2.24, 2.45) is 0 Å². The lowest BCUT2D eigenvalue weighted by molar-refractivity contribution is -0.292. The molecule has 2 N–H and O–H groups in total. The van der Waals surface area contributed by atoms with Gasteiger partial charge in [-0.15, -0.1) is 5.10 Å². The molecule has 9 nitrogen and oxygen atoms in total. The SMILES string of the molecule is CCS(=O)(=O)c1cccc(C(=O)Nc2ccc(Cn3nc(C(F)(F)C(F)(F)F)nc3C(F)(F)F)cc2C)c1C(=O)N[C@H](C)CSC. The number of hydrogen-bond acceptors (Lipinski definition) is 7. The van der Waals surface area contributed by atoms with Crippen LogP contribution < -0.4 is 10.6 Å². The van der Waals surface area contributed by atoms with Crippen molar-refractivity contribution in [3.8, 4) is 0 Å². The minimum atomic E-state index is -6.24. The number of carbonyl (C=O) groups excluding carboxylic acids is 2. The molecule has 19 heteroatoms. The van der Waals surface area contributed by atoms with Crippen LogP contribution in [0.5, 0.6) is 0 Å². The van der Waals surface area contributed by atoms with Gasteiger partial charge in [0.25, 0.3) is 11.8 Å². The average molecular weight is 702 g/mol. The molecule has 0 aliphatic heterocycles. The van der Waals surface area contributed by atoms with E-state index in [9.17, 15) is 53.1 Å². The molecule has 0 aliphatic carbocycles. The van der Waals surface area contributed by atoms with Crippen LogP contribution in [0.3, 0.4) is 0 Å². The number of nitrogens with zero attached hydrogens (tertiary/aromatic N) is 3. The Balaban J connectivity index is 1.97. The summed E-state index contributed by atoms with van der Waals surface area (Å²) in [6.45, 7) is 3.55. The fourth-order valence-corrected chi connectivity index (χ4v) is 5.90. The van der Waals surface area contributed by atoms with Crippen molar-refractivity contribution in [2.75, 3.05) is 23.1 Å². The molecule has 0 bridgehead atoms. The lowest BCUT2D eigenvalue weighted by Crippen LogP contribution is -2.36. The highest BCUT2D eigenvalue weighted by Gasteiger charge is 2.62. The first-order valence-corrected chi connectivity index (χ1v) is 16.2. The molecule has 0 saturated heterocycles. The van der Waals surface area contributed by atoms with Crippen molar-refractivity contribution >= 4 is 39.1 Å². The number of amides is 2. The van der Waals surface area contributed by atoms with Gasteiger partial charge in [0.05, 0.1) is 28.3 Å². The minimum absolute atomic E-state index is 0.0355. The molecule has 0 radical (unpaired) electrons. The first kappa shape index (κ1) is 36.7. The van der Waals surface area contributed by atoms with E-state index < -0.39 is 58.1 Å². The molecular formula is C27H27F8N5O4S2. The van der Waals surface area contributed by atoms with E-state index >= 15 is 0 Å². The van der Waals surface area contributed by atoms with Crippen molar-refractivity contribution in [3.63, 3.8) is 0 Å². The topological polar surface area (TPSA) is 123 Å². The maximum absolute atomic E-state index is 13.7. The van der Waals surface area contributed by atoms with E-state index in [4.69, 9.17) is 0 Å². The molecular weight excluding hydrogens is 674 g/mol. The molecule has 46 heavy (non-hydrogen) atoms. The number of sulfone groups is 1. The van der Waals surface area contributed by atoms with Crippen molar-refractivity contribution < 1.29 is 53.1 Å². The zero-order valence-electron chi connectivity index (χ0n) is 24.5. The number of carbonyl (C=O) groups is 2. The second-order valence-corrected chi connectivity index (χ2v) is 13.2. The Morgan fingerprint density at radius 3 is 2.22 bits per heavy atom. The summed E-state index contributed by atoms with van der Waals surface area (Å²) in [4.78, 5) is 28.7. The van der Waals surface area contributed by atoms with Gasteiger partial charge >= 0.3 is 18.3 Å². The van der Waals surface area contributed by atoms with Gasteiger partial charge in [-0.05, 0) is 49.4 Å². The van der Waals surface area contributed by atoms with Gasteiger partial charge in [-0.2, -0.15) is 46.9 Å². The predicted octanol–water partition coefficient (Wildman–Crippen LogP) is 5.83. The summed E-state index contributed by atoms with van der Waals surface area (Å²) in [5, 5.41) is 7.97. The number of thioether (sulfide) groups is 1.